The molecule has 2 aromatic carbocycles. The van der Waals surface area contributed by atoms with Crippen molar-refractivity contribution in [3.05, 3.63) is 52.5 Å². The second kappa shape index (κ2) is 5.33. The Kier molecular flexibility index (Phi) is 3.76. The molecule has 0 saturated carbocycles. The number of methoxy groups -OCH3 is 1. The molecule has 0 radical (unpaired) electrons. The van der Waals surface area contributed by atoms with E-state index in [1.807, 2.05) is 25.1 Å². The zero-order valence-electron chi connectivity index (χ0n) is 10.6. The van der Waals surface area contributed by atoms with E-state index in [0.717, 1.165) is 22.4 Å². The van der Waals surface area contributed by atoms with Gasteiger partial charge in [-0.3, -0.25) is 0 Å². The Morgan fingerprint density at radius 2 is 1.84 bits per heavy atom. The summed E-state index contributed by atoms with van der Waals surface area (Å²) < 4.78 is 5.16. The van der Waals surface area contributed by atoms with E-state index in [9.17, 15) is 4.79 Å². The van der Waals surface area contributed by atoms with Crippen LogP contribution in [0.2, 0.25) is 5.02 Å². The van der Waals surface area contributed by atoms with E-state index >= 15 is 0 Å². The summed E-state index contributed by atoms with van der Waals surface area (Å²) in [6.45, 7) is 1.96. The van der Waals surface area contributed by atoms with Crippen molar-refractivity contribution in [1.29, 1.82) is 0 Å². The standard InChI is InChI=1S/C15H13ClO3/c1-9-7-11(19-2)4-6-12(9)13-5-3-10(15(17)18)8-14(13)16/h3-8H,1-2H3,(H,17,18). The number of rotatable bonds is 3. The van der Waals surface area contributed by atoms with Gasteiger partial charge in [0.1, 0.15) is 5.75 Å². The normalized spacial score (nSPS) is 10.3. The highest BCUT2D eigenvalue weighted by atomic mass is 35.5. The zero-order chi connectivity index (χ0) is 14.0. The molecule has 0 fully saturated rings. The molecule has 4 heteroatoms. The van der Waals surface area contributed by atoms with Crippen molar-refractivity contribution in [3.8, 4) is 16.9 Å². The van der Waals surface area contributed by atoms with Gasteiger partial charge in [0, 0.05) is 10.6 Å². The largest absolute Gasteiger partial charge is 0.497 e. The van der Waals surface area contributed by atoms with Crippen LogP contribution in [0.15, 0.2) is 36.4 Å². The molecule has 2 aromatic rings. The van der Waals surface area contributed by atoms with E-state index in [1.165, 1.54) is 6.07 Å². The van der Waals surface area contributed by atoms with Gasteiger partial charge in [0.05, 0.1) is 12.7 Å². The van der Waals surface area contributed by atoms with Crippen molar-refractivity contribution in [3.63, 3.8) is 0 Å². The van der Waals surface area contributed by atoms with Crippen LogP contribution in [0.3, 0.4) is 0 Å². The average molecular weight is 277 g/mol. The third kappa shape index (κ3) is 2.71. The number of benzene rings is 2. The molecular weight excluding hydrogens is 264 g/mol. The summed E-state index contributed by atoms with van der Waals surface area (Å²) in [5.41, 5.74) is 2.97. The minimum Gasteiger partial charge on any atom is -0.497 e. The molecule has 1 N–H and O–H groups in total. The summed E-state index contributed by atoms with van der Waals surface area (Å²) in [5.74, 6) is -0.209. The van der Waals surface area contributed by atoms with Gasteiger partial charge in [0.15, 0.2) is 0 Å². The second-order valence-corrected chi connectivity index (χ2v) is 4.59. The second-order valence-electron chi connectivity index (χ2n) is 4.18. The van der Waals surface area contributed by atoms with Crippen molar-refractivity contribution in [2.45, 2.75) is 6.92 Å². The van der Waals surface area contributed by atoms with Crippen molar-refractivity contribution in [2.75, 3.05) is 7.11 Å². The maximum Gasteiger partial charge on any atom is 0.335 e. The smallest absolute Gasteiger partial charge is 0.335 e. The zero-order valence-corrected chi connectivity index (χ0v) is 11.4. The van der Waals surface area contributed by atoms with Crippen molar-refractivity contribution < 1.29 is 14.6 Å². The molecule has 0 heterocycles. The number of carbonyl (C=O) groups is 1. The number of carboxylic acid groups (broad SMARTS) is 1. The minimum atomic E-state index is -0.986. The Labute approximate surface area is 116 Å². The number of ether oxygens (including phenoxy) is 1. The monoisotopic (exact) mass is 276 g/mol. The van der Waals surface area contributed by atoms with Crippen molar-refractivity contribution in [1.82, 2.24) is 0 Å². The van der Waals surface area contributed by atoms with Crippen molar-refractivity contribution in [2.24, 2.45) is 0 Å². The Morgan fingerprint density at radius 1 is 1.16 bits per heavy atom. The third-order valence-corrected chi connectivity index (χ3v) is 3.25. The van der Waals surface area contributed by atoms with E-state index in [0.29, 0.717) is 5.02 Å². The SMILES string of the molecule is COc1ccc(-c2ccc(C(=O)O)cc2Cl)c(C)c1. The lowest BCUT2D eigenvalue weighted by Gasteiger charge is -2.10. The molecule has 98 valence electrons. The maximum absolute atomic E-state index is 10.9. The van der Waals surface area contributed by atoms with Crippen LogP contribution in [-0.2, 0) is 0 Å². The van der Waals surface area contributed by atoms with E-state index in [4.69, 9.17) is 21.4 Å². The van der Waals surface area contributed by atoms with E-state index in [-0.39, 0.29) is 5.56 Å². The molecule has 0 saturated heterocycles. The molecule has 0 bridgehead atoms. The van der Waals surface area contributed by atoms with Gasteiger partial charge in [-0.15, -0.1) is 0 Å². The van der Waals surface area contributed by atoms with Gasteiger partial charge in [-0.25, -0.2) is 4.79 Å². The molecule has 0 atom stereocenters. The fourth-order valence-corrected chi connectivity index (χ4v) is 2.21. The van der Waals surface area contributed by atoms with Crippen LogP contribution in [0.1, 0.15) is 15.9 Å². The van der Waals surface area contributed by atoms with Gasteiger partial charge in [-0.05, 0) is 42.3 Å². The number of carboxylic acids is 1. The summed E-state index contributed by atoms with van der Waals surface area (Å²) in [5, 5.41) is 9.34. The molecule has 0 aliphatic rings. The first-order chi connectivity index (χ1) is 9.02. The fourth-order valence-electron chi connectivity index (χ4n) is 1.93. The Morgan fingerprint density at radius 3 is 2.37 bits per heavy atom. The van der Waals surface area contributed by atoms with Crippen LogP contribution < -0.4 is 4.74 Å². The fraction of sp³-hybridized carbons (Fsp3) is 0.133. The number of aromatic carboxylic acids is 1. The first kappa shape index (κ1) is 13.4. The Hall–Kier alpha value is -2.00. The lowest BCUT2D eigenvalue weighted by atomic mass is 9.99. The lowest BCUT2D eigenvalue weighted by molar-refractivity contribution is 0.0697. The van der Waals surface area contributed by atoms with Gasteiger partial charge in [0.2, 0.25) is 0 Å². The third-order valence-electron chi connectivity index (χ3n) is 2.94. The molecule has 0 spiro atoms. The number of hydrogen-bond donors (Lipinski definition) is 1. The van der Waals surface area contributed by atoms with Crippen molar-refractivity contribution >= 4 is 17.6 Å². The summed E-state index contributed by atoms with van der Waals surface area (Å²) >= 11 is 6.16. The van der Waals surface area contributed by atoms with Gasteiger partial charge < -0.3 is 9.84 Å². The quantitative estimate of drug-likeness (QED) is 0.921. The molecule has 0 amide bonds. The van der Waals surface area contributed by atoms with Crippen LogP contribution in [0, 0.1) is 6.92 Å². The maximum atomic E-state index is 10.9. The van der Waals surface area contributed by atoms with Gasteiger partial charge in [-0.2, -0.15) is 0 Å². The average Bonchev–Trinajstić information content (AvgIpc) is 2.39. The number of halogens is 1. The molecule has 0 aliphatic heterocycles. The molecule has 0 unspecified atom stereocenters. The molecule has 19 heavy (non-hydrogen) atoms. The number of aryl methyl sites for hydroxylation is 1. The topological polar surface area (TPSA) is 46.5 Å². The highest BCUT2D eigenvalue weighted by Crippen LogP contribution is 2.32. The van der Waals surface area contributed by atoms with Crippen LogP contribution in [0.5, 0.6) is 5.75 Å². The van der Waals surface area contributed by atoms with Crippen LogP contribution in [0.4, 0.5) is 0 Å². The molecule has 2 rings (SSSR count). The predicted octanol–water partition coefficient (Wildman–Crippen LogP) is 4.02. The molecule has 0 aromatic heterocycles. The summed E-state index contributed by atoms with van der Waals surface area (Å²) in [6, 6.07) is 10.4. The summed E-state index contributed by atoms with van der Waals surface area (Å²) in [6.07, 6.45) is 0. The molecule has 3 nitrogen and oxygen atoms in total. The Balaban J connectivity index is 2.50. The lowest BCUT2D eigenvalue weighted by Crippen LogP contribution is -1.96. The van der Waals surface area contributed by atoms with E-state index in [1.54, 1.807) is 19.2 Å². The van der Waals surface area contributed by atoms with Gasteiger partial charge in [-0.1, -0.05) is 23.7 Å². The summed E-state index contributed by atoms with van der Waals surface area (Å²) in [4.78, 5) is 10.9. The van der Waals surface area contributed by atoms with Crippen LogP contribution in [-0.4, -0.2) is 18.2 Å². The van der Waals surface area contributed by atoms with E-state index < -0.39 is 5.97 Å². The minimum absolute atomic E-state index is 0.180. The molecule has 0 aliphatic carbocycles. The molecular formula is C15H13ClO3. The number of hydrogen-bond acceptors (Lipinski definition) is 2. The highest BCUT2D eigenvalue weighted by molar-refractivity contribution is 6.33. The highest BCUT2D eigenvalue weighted by Gasteiger charge is 2.10. The summed E-state index contributed by atoms with van der Waals surface area (Å²) in [7, 11) is 1.61. The van der Waals surface area contributed by atoms with Gasteiger partial charge >= 0.3 is 5.97 Å². The first-order valence-electron chi connectivity index (χ1n) is 5.71. The van der Waals surface area contributed by atoms with Gasteiger partial charge in [0.25, 0.3) is 0 Å². The van der Waals surface area contributed by atoms with Crippen LogP contribution >= 0.6 is 11.6 Å². The van der Waals surface area contributed by atoms with E-state index in [2.05, 4.69) is 0 Å². The predicted molar refractivity (Wildman–Crippen MR) is 75.1 cm³/mol. The first-order valence-corrected chi connectivity index (χ1v) is 6.08. The van der Waals surface area contributed by atoms with Crippen LogP contribution in [0.25, 0.3) is 11.1 Å². The Bertz CT molecular complexity index is 635.